The second kappa shape index (κ2) is 5.39. The van der Waals surface area contributed by atoms with Gasteiger partial charge in [0.25, 0.3) is 6.47 Å². The number of hydrogen-bond donors (Lipinski definition) is 0. The van der Waals surface area contributed by atoms with Gasteiger partial charge in [0, 0.05) is 6.07 Å². The molecule has 2 aromatic carbocycles. The van der Waals surface area contributed by atoms with E-state index < -0.39 is 0 Å². The van der Waals surface area contributed by atoms with Crippen molar-refractivity contribution in [2.24, 2.45) is 0 Å². The molecule has 1 saturated carbocycles. The quantitative estimate of drug-likeness (QED) is 0.692. The first kappa shape index (κ1) is 13.8. The van der Waals surface area contributed by atoms with Gasteiger partial charge in [0.2, 0.25) is 0 Å². The minimum atomic E-state index is -0.170. The summed E-state index contributed by atoms with van der Waals surface area (Å²) in [5, 5.41) is 0.559. The Morgan fingerprint density at radius 2 is 1.87 bits per heavy atom. The molecule has 3 aromatic rings. The van der Waals surface area contributed by atoms with Crippen LogP contribution >= 0.6 is 0 Å². The summed E-state index contributed by atoms with van der Waals surface area (Å²) in [6.07, 6.45) is 0.534. The maximum absolute atomic E-state index is 12.4. The van der Waals surface area contributed by atoms with Gasteiger partial charge in [0.15, 0.2) is 5.43 Å². The van der Waals surface area contributed by atoms with Crippen molar-refractivity contribution in [1.29, 1.82) is 0 Å². The zero-order chi connectivity index (χ0) is 15.8. The van der Waals surface area contributed by atoms with Crippen molar-refractivity contribution in [2.45, 2.75) is 18.4 Å². The lowest BCUT2D eigenvalue weighted by Crippen LogP contribution is -2.03. The van der Waals surface area contributed by atoms with Crippen molar-refractivity contribution >= 4 is 17.4 Å². The van der Waals surface area contributed by atoms with Crippen molar-refractivity contribution < 1.29 is 13.9 Å². The topological polar surface area (TPSA) is 56.5 Å². The molecular weight excluding hydrogens is 292 g/mol. The lowest BCUT2D eigenvalue weighted by molar-refractivity contribution is -0.129. The maximum atomic E-state index is 12.4. The van der Waals surface area contributed by atoms with Gasteiger partial charge in [-0.3, -0.25) is 9.59 Å². The van der Waals surface area contributed by atoms with Gasteiger partial charge < -0.3 is 9.15 Å². The van der Waals surface area contributed by atoms with E-state index in [-0.39, 0.29) is 17.5 Å². The third-order valence-electron chi connectivity index (χ3n) is 4.18. The predicted molar refractivity (Wildman–Crippen MR) is 86.2 cm³/mol. The Morgan fingerprint density at radius 1 is 1.04 bits per heavy atom. The average molecular weight is 306 g/mol. The van der Waals surface area contributed by atoms with E-state index in [1.807, 2.05) is 48.5 Å². The van der Waals surface area contributed by atoms with Gasteiger partial charge in [-0.05, 0) is 29.7 Å². The van der Waals surface area contributed by atoms with E-state index in [1.165, 1.54) is 6.07 Å². The third-order valence-corrected chi connectivity index (χ3v) is 4.18. The molecule has 1 aliphatic carbocycles. The first-order chi connectivity index (χ1) is 11.3. The Morgan fingerprint density at radius 3 is 2.65 bits per heavy atom. The Balaban J connectivity index is 1.75. The van der Waals surface area contributed by atoms with E-state index in [2.05, 4.69) is 0 Å². The molecule has 114 valence electrons. The van der Waals surface area contributed by atoms with Crippen LogP contribution in [0, 0.1) is 0 Å². The molecule has 2 unspecified atom stereocenters. The summed E-state index contributed by atoms with van der Waals surface area (Å²) < 4.78 is 10.7. The van der Waals surface area contributed by atoms with E-state index in [9.17, 15) is 9.59 Å². The molecule has 0 radical (unpaired) electrons. The molecule has 0 spiro atoms. The molecule has 4 nitrogen and oxygen atoms in total. The van der Waals surface area contributed by atoms with Crippen LogP contribution in [0.4, 0.5) is 0 Å². The average Bonchev–Trinajstić information content (AvgIpc) is 3.35. The van der Waals surface area contributed by atoms with Gasteiger partial charge in [0.05, 0.1) is 11.3 Å². The van der Waals surface area contributed by atoms with Gasteiger partial charge in [-0.25, -0.2) is 0 Å². The first-order valence-electron chi connectivity index (χ1n) is 7.48. The smallest absolute Gasteiger partial charge is 0.293 e. The van der Waals surface area contributed by atoms with Crippen molar-refractivity contribution in [3.63, 3.8) is 0 Å². The molecule has 4 rings (SSSR count). The van der Waals surface area contributed by atoms with Crippen LogP contribution in [0.3, 0.4) is 0 Å². The number of carbonyl (C=O) groups is 1. The zero-order valence-electron chi connectivity index (χ0n) is 12.3. The van der Waals surface area contributed by atoms with Gasteiger partial charge in [-0.2, -0.15) is 0 Å². The standard InChI is InChI=1S/C19H14O4/c20-11-22-18-9-15(18)19-10-16(21)14-8-13(6-7-17(14)23-19)12-4-2-1-3-5-12/h1-8,10-11,15,18H,9H2. The van der Waals surface area contributed by atoms with Crippen molar-refractivity contribution in [1.82, 2.24) is 0 Å². The van der Waals surface area contributed by atoms with Crippen LogP contribution in [0.1, 0.15) is 18.1 Å². The minimum Gasteiger partial charge on any atom is -0.464 e. The fourth-order valence-electron chi connectivity index (χ4n) is 2.86. The van der Waals surface area contributed by atoms with E-state index in [0.29, 0.717) is 29.6 Å². The van der Waals surface area contributed by atoms with E-state index >= 15 is 0 Å². The Labute approximate surface area is 132 Å². The van der Waals surface area contributed by atoms with Crippen LogP contribution in [0.2, 0.25) is 0 Å². The van der Waals surface area contributed by atoms with Crippen molar-refractivity contribution in [3.8, 4) is 11.1 Å². The highest BCUT2D eigenvalue weighted by atomic mass is 16.5. The minimum absolute atomic E-state index is 0.00824. The molecule has 1 aliphatic rings. The van der Waals surface area contributed by atoms with Crippen LogP contribution in [-0.4, -0.2) is 12.6 Å². The number of hydrogen-bond acceptors (Lipinski definition) is 4. The van der Waals surface area contributed by atoms with Crippen LogP contribution in [0.15, 0.2) is 63.8 Å². The molecule has 1 fully saturated rings. The molecule has 0 N–H and O–H groups in total. The van der Waals surface area contributed by atoms with Gasteiger partial charge in [-0.15, -0.1) is 0 Å². The van der Waals surface area contributed by atoms with Crippen LogP contribution in [0.25, 0.3) is 22.1 Å². The molecule has 4 heteroatoms. The fourth-order valence-corrected chi connectivity index (χ4v) is 2.86. The highest BCUT2D eigenvalue weighted by Gasteiger charge is 2.43. The summed E-state index contributed by atoms with van der Waals surface area (Å²) in [5.41, 5.74) is 2.52. The molecule has 0 aliphatic heterocycles. The summed E-state index contributed by atoms with van der Waals surface area (Å²) in [7, 11) is 0. The van der Waals surface area contributed by atoms with Crippen molar-refractivity contribution in [2.75, 3.05) is 0 Å². The highest BCUT2D eigenvalue weighted by molar-refractivity contribution is 5.83. The summed E-state index contributed by atoms with van der Waals surface area (Å²) >= 11 is 0. The first-order valence-corrected chi connectivity index (χ1v) is 7.48. The Kier molecular flexibility index (Phi) is 3.23. The van der Waals surface area contributed by atoms with Crippen LogP contribution in [-0.2, 0) is 9.53 Å². The summed E-state index contributed by atoms with van der Waals surface area (Å²) in [4.78, 5) is 22.8. The fraction of sp³-hybridized carbons (Fsp3) is 0.158. The molecule has 23 heavy (non-hydrogen) atoms. The molecule has 0 bridgehead atoms. The van der Waals surface area contributed by atoms with Gasteiger partial charge >= 0.3 is 0 Å². The normalized spacial score (nSPS) is 19.5. The molecule has 0 amide bonds. The molecule has 1 heterocycles. The van der Waals surface area contributed by atoms with E-state index in [1.54, 1.807) is 0 Å². The predicted octanol–water partition coefficient (Wildman–Crippen LogP) is 3.49. The lowest BCUT2D eigenvalue weighted by atomic mass is 10.0. The summed E-state index contributed by atoms with van der Waals surface area (Å²) in [6, 6.07) is 17.0. The zero-order valence-corrected chi connectivity index (χ0v) is 12.3. The van der Waals surface area contributed by atoms with Gasteiger partial charge in [0.1, 0.15) is 17.4 Å². The largest absolute Gasteiger partial charge is 0.464 e. The van der Waals surface area contributed by atoms with Crippen LogP contribution < -0.4 is 5.43 Å². The van der Waals surface area contributed by atoms with Crippen LogP contribution in [0.5, 0.6) is 0 Å². The van der Waals surface area contributed by atoms with Crippen molar-refractivity contribution in [3.05, 3.63) is 70.6 Å². The SMILES string of the molecule is O=COC1CC1c1cc(=O)c2cc(-c3ccccc3)ccc2o1. The monoisotopic (exact) mass is 306 g/mol. The third kappa shape index (κ3) is 2.52. The molecule has 2 atom stereocenters. The Bertz CT molecular complexity index is 927. The summed E-state index contributed by atoms with van der Waals surface area (Å²) in [5.74, 6) is 0.577. The maximum Gasteiger partial charge on any atom is 0.293 e. The number of benzene rings is 2. The Hall–Kier alpha value is -2.88. The van der Waals surface area contributed by atoms with E-state index in [0.717, 1.165) is 11.1 Å². The molecular formula is C19H14O4. The lowest BCUT2D eigenvalue weighted by Gasteiger charge is -2.05. The highest BCUT2D eigenvalue weighted by Crippen LogP contribution is 2.43. The molecule has 1 aromatic heterocycles. The number of ether oxygens (including phenoxy) is 1. The second-order valence-electron chi connectivity index (χ2n) is 5.70. The second-order valence-corrected chi connectivity index (χ2v) is 5.70. The number of rotatable bonds is 4. The summed E-state index contributed by atoms with van der Waals surface area (Å²) in [6.45, 7) is 0.440. The van der Waals surface area contributed by atoms with Gasteiger partial charge in [-0.1, -0.05) is 36.4 Å². The molecule has 0 saturated heterocycles. The number of fused-ring (bicyclic) bond motifs is 1. The number of carbonyl (C=O) groups excluding carboxylic acids is 1. The van der Waals surface area contributed by atoms with E-state index in [4.69, 9.17) is 9.15 Å².